The Hall–Kier alpha value is -0.860. The molecular formula is C20H34O2. The van der Waals surface area contributed by atoms with Gasteiger partial charge in [0.05, 0.1) is 11.7 Å². The molecule has 0 saturated carbocycles. The highest BCUT2D eigenvalue weighted by Gasteiger charge is 2.29. The van der Waals surface area contributed by atoms with Crippen LogP contribution >= 0.6 is 0 Å². The Labute approximate surface area is 136 Å². The molecule has 0 aromatic carbocycles. The highest BCUT2D eigenvalue weighted by atomic mass is 16.3. The second-order valence-electron chi connectivity index (χ2n) is 7.41. The van der Waals surface area contributed by atoms with Crippen molar-refractivity contribution >= 4 is 0 Å². The summed E-state index contributed by atoms with van der Waals surface area (Å²) in [5, 5.41) is 20.7. The molecule has 0 amide bonds. The van der Waals surface area contributed by atoms with Crippen LogP contribution in [0.4, 0.5) is 0 Å². The highest BCUT2D eigenvalue weighted by Crippen LogP contribution is 2.25. The van der Waals surface area contributed by atoms with Gasteiger partial charge in [0.15, 0.2) is 0 Å². The van der Waals surface area contributed by atoms with Crippen molar-refractivity contribution < 1.29 is 10.2 Å². The van der Waals surface area contributed by atoms with Gasteiger partial charge in [-0.05, 0) is 65.2 Å². The molecule has 0 unspecified atom stereocenters. The van der Waals surface area contributed by atoms with Crippen LogP contribution in [-0.2, 0) is 0 Å². The molecule has 0 aromatic heterocycles. The van der Waals surface area contributed by atoms with Gasteiger partial charge < -0.3 is 10.2 Å². The van der Waals surface area contributed by atoms with E-state index < -0.39 is 11.7 Å². The monoisotopic (exact) mass is 306 g/mol. The summed E-state index contributed by atoms with van der Waals surface area (Å²) in [6.45, 7) is 10.5. The molecule has 0 aliphatic heterocycles. The van der Waals surface area contributed by atoms with Crippen LogP contribution in [-0.4, -0.2) is 21.9 Å². The maximum Gasteiger partial charge on any atom is 0.0880 e. The Balaban J connectivity index is 2.95. The van der Waals surface area contributed by atoms with Crippen LogP contribution < -0.4 is 0 Å². The fourth-order valence-electron chi connectivity index (χ4n) is 2.79. The third-order valence-electron chi connectivity index (χ3n) is 4.80. The van der Waals surface area contributed by atoms with Gasteiger partial charge in [-0.3, -0.25) is 0 Å². The zero-order chi connectivity index (χ0) is 16.8. The van der Waals surface area contributed by atoms with Crippen LogP contribution in [0.3, 0.4) is 0 Å². The largest absolute Gasteiger partial charge is 0.390 e. The van der Waals surface area contributed by atoms with E-state index in [2.05, 4.69) is 45.9 Å². The second kappa shape index (κ2) is 8.69. The first-order valence-electron chi connectivity index (χ1n) is 8.64. The summed E-state index contributed by atoms with van der Waals surface area (Å²) in [7, 11) is 0. The van der Waals surface area contributed by atoms with E-state index in [1.807, 2.05) is 0 Å². The number of allylic oxidation sites excluding steroid dienone is 6. The van der Waals surface area contributed by atoms with Crippen molar-refractivity contribution in [1.29, 1.82) is 0 Å². The summed E-state index contributed by atoms with van der Waals surface area (Å²) in [4.78, 5) is 0. The Morgan fingerprint density at radius 2 is 1.77 bits per heavy atom. The molecule has 1 rings (SSSR count). The molecule has 0 aromatic rings. The number of rotatable bonds is 1. The molecule has 0 fully saturated rings. The van der Waals surface area contributed by atoms with Gasteiger partial charge >= 0.3 is 0 Å². The third kappa shape index (κ3) is 6.50. The Bertz CT molecular complexity index is 439. The zero-order valence-electron chi connectivity index (χ0n) is 15.0. The van der Waals surface area contributed by atoms with Crippen molar-refractivity contribution in [3.05, 3.63) is 34.9 Å². The minimum Gasteiger partial charge on any atom is -0.390 e. The fraction of sp³-hybridized carbons (Fsp3) is 0.700. The number of aliphatic hydroxyl groups excluding tert-OH is 1. The quantitative estimate of drug-likeness (QED) is 0.674. The van der Waals surface area contributed by atoms with Crippen LogP contribution in [0.1, 0.15) is 73.1 Å². The molecular weight excluding hydrogens is 272 g/mol. The van der Waals surface area contributed by atoms with Gasteiger partial charge in [0.2, 0.25) is 0 Å². The maximum atomic E-state index is 10.4. The molecule has 22 heavy (non-hydrogen) atoms. The lowest BCUT2D eigenvalue weighted by Gasteiger charge is -2.29. The Kier molecular flexibility index (Phi) is 7.58. The minimum atomic E-state index is -1.000. The van der Waals surface area contributed by atoms with E-state index in [0.717, 1.165) is 25.7 Å². The molecule has 126 valence electrons. The lowest BCUT2D eigenvalue weighted by molar-refractivity contribution is -0.0691. The molecule has 2 heteroatoms. The lowest BCUT2D eigenvalue weighted by atomic mass is 9.88. The molecule has 0 bridgehead atoms. The van der Waals surface area contributed by atoms with Crippen LogP contribution in [0.5, 0.6) is 0 Å². The first kappa shape index (κ1) is 19.2. The first-order chi connectivity index (χ1) is 10.2. The van der Waals surface area contributed by atoms with E-state index in [0.29, 0.717) is 18.8 Å². The number of hydrogen-bond acceptors (Lipinski definition) is 2. The second-order valence-corrected chi connectivity index (χ2v) is 7.41. The predicted molar refractivity (Wildman–Crippen MR) is 94.8 cm³/mol. The van der Waals surface area contributed by atoms with Gasteiger partial charge in [-0.2, -0.15) is 0 Å². The molecule has 0 saturated heterocycles. The Morgan fingerprint density at radius 1 is 1.09 bits per heavy atom. The van der Waals surface area contributed by atoms with E-state index in [-0.39, 0.29) is 0 Å². The smallest absolute Gasteiger partial charge is 0.0880 e. The average molecular weight is 306 g/mol. The van der Waals surface area contributed by atoms with Crippen molar-refractivity contribution in [2.75, 3.05) is 0 Å². The average Bonchev–Trinajstić information content (AvgIpc) is 2.43. The zero-order valence-corrected chi connectivity index (χ0v) is 15.0. The van der Waals surface area contributed by atoms with Crippen LogP contribution in [0.2, 0.25) is 0 Å². The topological polar surface area (TPSA) is 40.5 Å². The number of aliphatic hydroxyl groups is 2. The van der Waals surface area contributed by atoms with Gasteiger partial charge in [-0.25, -0.2) is 0 Å². The van der Waals surface area contributed by atoms with Crippen molar-refractivity contribution in [2.24, 2.45) is 5.92 Å². The molecule has 2 atom stereocenters. The SMILES string of the molecule is C/C1=C\CC[C@](C)(O)[C@@H](O)CC/C(C)=C/C=C(/C(C)C)CC1. The highest BCUT2D eigenvalue weighted by molar-refractivity contribution is 5.19. The van der Waals surface area contributed by atoms with Crippen molar-refractivity contribution in [3.8, 4) is 0 Å². The van der Waals surface area contributed by atoms with E-state index in [9.17, 15) is 10.2 Å². The molecule has 0 heterocycles. The molecule has 0 spiro atoms. The van der Waals surface area contributed by atoms with Gasteiger partial charge in [-0.1, -0.05) is 48.8 Å². The summed E-state index contributed by atoms with van der Waals surface area (Å²) in [5.74, 6) is 0.566. The molecule has 0 radical (unpaired) electrons. The van der Waals surface area contributed by atoms with Crippen LogP contribution in [0.15, 0.2) is 34.9 Å². The van der Waals surface area contributed by atoms with Crippen LogP contribution in [0, 0.1) is 5.92 Å². The number of hydrogen-bond donors (Lipinski definition) is 2. The predicted octanol–water partition coefficient (Wildman–Crippen LogP) is 4.93. The van der Waals surface area contributed by atoms with Gasteiger partial charge in [0, 0.05) is 0 Å². The van der Waals surface area contributed by atoms with Crippen molar-refractivity contribution in [3.63, 3.8) is 0 Å². The summed E-state index contributed by atoms with van der Waals surface area (Å²) in [5.41, 5.74) is 3.11. The first-order valence-corrected chi connectivity index (χ1v) is 8.64. The van der Waals surface area contributed by atoms with E-state index in [1.54, 1.807) is 6.92 Å². The molecule has 1 aliphatic rings. The minimum absolute atomic E-state index is 0.566. The van der Waals surface area contributed by atoms with Gasteiger partial charge in [-0.15, -0.1) is 0 Å². The fourth-order valence-corrected chi connectivity index (χ4v) is 2.79. The van der Waals surface area contributed by atoms with E-state index in [4.69, 9.17) is 0 Å². The van der Waals surface area contributed by atoms with Crippen LogP contribution in [0.25, 0.3) is 0 Å². The van der Waals surface area contributed by atoms with Gasteiger partial charge in [0.25, 0.3) is 0 Å². The molecule has 1 aliphatic carbocycles. The van der Waals surface area contributed by atoms with Crippen molar-refractivity contribution in [1.82, 2.24) is 0 Å². The Morgan fingerprint density at radius 3 is 2.41 bits per heavy atom. The normalized spacial score (nSPS) is 36.5. The van der Waals surface area contributed by atoms with Crippen molar-refractivity contribution in [2.45, 2.75) is 84.8 Å². The summed E-state index contributed by atoms with van der Waals surface area (Å²) >= 11 is 0. The van der Waals surface area contributed by atoms with E-state index in [1.165, 1.54) is 16.7 Å². The third-order valence-corrected chi connectivity index (χ3v) is 4.80. The molecule has 2 N–H and O–H groups in total. The lowest BCUT2D eigenvalue weighted by Crippen LogP contribution is -2.39. The summed E-state index contributed by atoms with van der Waals surface area (Å²) in [6, 6.07) is 0. The maximum absolute atomic E-state index is 10.4. The summed E-state index contributed by atoms with van der Waals surface area (Å²) < 4.78 is 0. The molecule has 2 nitrogen and oxygen atoms in total. The summed E-state index contributed by atoms with van der Waals surface area (Å²) in [6.07, 6.45) is 11.0. The van der Waals surface area contributed by atoms with Gasteiger partial charge in [0.1, 0.15) is 0 Å². The standard InChI is InChI=1S/C20H34O2/c1-15(2)18-11-8-16(3)7-6-14-20(5,22)19(21)13-10-17(4)9-12-18/h7,9,12,15,19,21-22H,6,8,10-11,13-14H2,1-5H3/b16-7+,17-9+,18-12+/t19-,20-/m0/s1. The van der Waals surface area contributed by atoms with E-state index >= 15 is 0 Å².